The lowest BCUT2D eigenvalue weighted by atomic mass is 10.0. The molecule has 0 aliphatic heterocycles. The van der Waals surface area contributed by atoms with Gasteiger partial charge in [-0.25, -0.2) is 4.98 Å². The first kappa shape index (κ1) is 17.3. The predicted molar refractivity (Wildman–Crippen MR) is 107 cm³/mol. The smallest absolute Gasteiger partial charge is 0.250 e. The van der Waals surface area contributed by atoms with Gasteiger partial charge in [0.15, 0.2) is 6.10 Å². The number of benzene rings is 1. The van der Waals surface area contributed by atoms with Crippen molar-refractivity contribution in [1.29, 1.82) is 0 Å². The van der Waals surface area contributed by atoms with Crippen LogP contribution in [0.15, 0.2) is 59.5 Å². The number of aromatic amines is 1. The predicted octanol–water partition coefficient (Wildman–Crippen LogP) is 3.40. The molecule has 0 aliphatic carbocycles. The molecule has 0 spiro atoms. The van der Waals surface area contributed by atoms with E-state index < -0.39 is 6.10 Å². The number of hydrogen-bond donors (Lipinski definition) is 2. The van der Waals surface area contributed by atoms with Crippen LogP contribution in [0.2, 0.25) is 0 Å². The standard InChI is InChI=1S/C21H18N6O2/c1-12-5-3-4-6-15(12)18(28)21-26-25-20(29-21)17-10-23-19-16(17)7-13(8-22-19)14-9-24-27(2)11-14/h3-11,18,28H,1-2H3,(H,22,23). The van der Waals surface area contributed by atoms with Gasteiger partial charge in [0, 0.05) is 42.2 Å². The number of aromatic nitrogens is 6. The molecule has 0 fully saturated rings. The summed E-state index contributed by atoms with van der Waals surface area (Å²) in [5.41, 5.74) is 5.04. The lowest BCUT2D eigenvalue weighted by Gasteiger charge is -2.09. The van der Waals surface area contributed by atoms with Crippen molar-refractivity contribution in [2.75, 3.05) is 0 Å². The molecule has 0 aliphatic rings. The second-order valence-electron chi connectivity index (χ2n) is 6.93. The van der Waals surface area contributed by atoms with E-state index in [9.17, 15) is 5.11 Å². The third-order valence-corrected chi connectivity index (χ3v) is 4.96. The number of pyridine rings is 1. The van der Waals surface area contributed by atoms with Crippen LogP contribution in [0.25, 0.3) is 33.6 Å². The summed E-state index contributed by atoms with van der Waals surface area (Å²) < 4.78 is 7.57. The van der Waals surface area contributed by atoms with Crippen LogP contribution in [0, 0.1) is 6.92 Å². The molecule has 0 saturated carbocycles. The highest BCUT2D eigenvalue weighted by Crippen LogP contribution is 2.32. The van der Waals surface area contributed by atoms with Gasteiger partial charge in [-0.1, -0.05) is 24.3 Å². The topological polar surface area (TPSA) is 106 Å². The molecule has 0 saturated heterocycles. The number of fused-ring (bicyclic) bond motifs is 1. The van der Waals surface area contributed by atoms with Crippen LogP contribution in [0.4, 0.5) is 0 Å². The minimum atomic E-state index is -0.980. The first-order chi connectivity index (χ1) is 14.1. The number of rotatable bonds is 4. The van der Waals surface area contributed by atoms with E-state index in [0.29, 0.717) is 11.5 Å². The first-order valence-electron chi connectivity index (χ1n) is 9.13. The minimum absolute atomic E-state index is 0.153. The fourth-order valence-corrected chi connectivity index (χ4v) is 3.39. The van der Waals surface area contributed by atoms with E-state index in [1.807, 2.05) is 50.5 Å². The number of aliphatic hydroxyl groups is 1. The zero-order chi connectivity index (χ0) is 20.0. The number of hydrogen-bond acceptors (Lipinski definition) is 6. The van der Waals surface area contributed by atoms with Crippen molar-refractivity contribution < 1.29 is 9.52 Å². The van der Waals surface area contributed by atoms with E-state index in [2.05, 4.69) is 25.3 Å². The Bertz CT molecular complexity index is 1320. The molecule has 2 N–H and O–H groups in total. The van der Waals surface area contributed by atoms with Gasteiger partial charge in [0.05, 0.1) is 11.8 Å². The number of H-pyrrole nitrogens is 1. The minimum Gasteiger partial charge on any atom is -0.417 e. The Morgan fingerprint density at radius 1 is 1.14 bits per heavy atom. The molecule has 0 bridgehead atoms. The Hall–Kier alpha value is -3.78. The lowest BCUT2D eigenvalue weighted by molar-refractivity contribution is 0.183. The van der Waals surface area contributed by atoms with Gasteiger partial charge in [-0.2, -0.15) is 5.10 Å². The summed E-state index contributed by atoms with van der Waals surface area (Å²) in [6.07, 6.45) is 6.31. The molecule has 0 radical (unpaired) electrons. The van der Waals surface area contributed by atoms with Gasteiger partial charge in [-0.15, -0.1) is 10.2 Å². The van der Waals surface area contributed by atoms with Crippen molar-refractivity contribution in [2.45, 2.75) is 13.0 Å². The highest BCUT2D eigenvalue weighted by atomic mass is 16.4. The molecule has 29 heavy (non-hydrogen) atoms. The van der Waals surface area contributed by atoms with E-state index in [1.54, 1.807) is 23.3 Å². The summed E-state index contributed by atoms with van der Waals surface area (Å²) in [5.74, 6) is 0.476. The van der Waals surface area contributed by atoms with Gasteiger partial charge in [0.1, 0.15) is 5.65 Å². The fourth-order valence-electron chi connectivity index (χ4n) is 3.39. The fraction of sp³-hybridized carbons (Fsp3) is 0.143. The van der Waals surface area contributed by atoms with E-state index >= 15 is 0 Å². The highest BCUT2D eigenvalue weighted by Gasteiger charge is 2.21. The van der Waals surface area contributed by atoms with Crippen molar-refractivity contribution in [3.63, 3.8) is 0 Å². The van der Waals surface area contributed by atoms with E-state index in [1.165, 1.54) is 0 Å². The molecule has 4 aromatic heterocycles. The molecule has 4 heterocycles. The summed E-state index contributed by atoms with van der Waals surface area (Å²) >= 11 is 0. The monoisotopic (exact) mass is 386 g/mol. The van der Waals surface area contributed by atoms with Gasteiger partial charge in [-0.3, -0.25) is 4.68 Å². The molecular weight excluding hydrogens is 368 g/mol. The maximum absolute atomic E-state index is 10.7. The van der Waals surface area contributed by atoms with Crippen LogP contribution in [0.3, 0.4) is 0 Å². The number of aliphatic hydroxyl groups excluding tert-OH is 1. The molecule has 8 heteroatoms. The number of aryl methyl sites for hydroxylation is 2. The summed E-state index contributed by atoms with van der Waals surface area (Å²) in [6, 6.07) is 9.57. The lowest BCUT2D eigenvalue weighted by Crippen LogP contribution is -2.02. The van der Waals surface area contributed by atoms with Crippen molar-refractivity contribution in [3.05, 3.63) is 72.1 Å². The van der Waals surface area contributed by atoms with Crippen LogP contribution in [-0.4, -0.2) is 35.1 Å². The number of nitrogens with zero attached hydrogens (tertiary/aromatic N) is 5. The van der Waals surface area contributed by atoms with Crippen LogP contribution in [0.5, 0.6) is 0 Å². The van der Waals surface area contributed by atoms with E-state index in [4.69, 9.17) is 4.42 Å². The van der Waals surface area contributed by atoms with Gasteiger partial charge in [-0.05, 0) is 24.1 Å². The van der Waals surface area contributed by atoms with Gasteiger partial charge in [0.2, 0.25) is 11.8 Å². The highest BCUT2D eigenvalue weighted by molar-refractivity contribution is 5.93. The Balaban J connectivity index is 1.54. The Morgan fingerprint density at radius 3 is 2.79 bits per heavy atom. The maximum Gasteiger partial charge on any atom is 0.250 e. The zero-order valence-electron chi connectivity index (χ0n) is 15.9. The van der Waals surface area contributed by atoms with Crippen molar-refractivity contribution in [1.82, 2.24) is 29.9 Å². The molecule has 1 atom stereocenters. The van der Waals surface area contributed by atoms with Crippen LogP contribution >= 0.6 is 0 Å². The van der Waals surface area contributed by atoms with E-state index in [0.717, 1.165) is 33.2 Å². The average Bonchev–Trinajstić information content (AvgIpc) is 3.46. The molecule has 0 amide bonds. The number of nitrogens with one attached hydrogen (secondary N) is 1. The Kier molecular flexibility index (Phi) is 3.99. The third-order valence-electron chi connectivity index (χ3n) is 4.96. The molecule has 5 aromatic rings. The largest absolute Gasteiger partial charge is 0.417 e. The van der Waals surface area contributed by atoms with Gasteiger partial charge < -0.3 is 14.5 Å². The molecular formula is C21H18N6O2. The van der Waals surface area contributed by atoms with Crippen LogP contribution in [-0.2, 0) is 7.05 Å². The maximum atomic E-state index is 10.7. The van der Waals surface area contributed by atoms with Crippen molar-refractivity contribution in [3.8, 4) is 22.6 Å². The van der Waals surface area contributed by atoms with Crippen LogP contribution < -0.4 is 0 Å². The summed E-state index contributed by atoms with van der Waals surface area (Å²) in [6.45, 7) is 1.93. The van der Waals surface area contributed by atoms with Crippen molar-refractivity contribution >= 4 is 11.0 Å². The summed E-state index contributed by atoms with van der Waals surface area (Å²) in [7, 11) is 1.87. The molecule has 8 nitrogen and oxygen atoms in total. The van der Waals surface area contributed by atoms with Gasteiger partial charge in [0.25, 0.3) is 0 Å². The van der Waals surface area contributed by atoms with E-state index in [-0.39, 0.29) is 5.89 Å². The average molecular weight is 386 g/mol. The normalized spacial score (nSPS) is 12.5. The Morgan fingerprint density at radius 2 is 2.00 bits per heavy atom. The summed E-state index contributed by atoms with van der Waals surface area (Å²) in [5, 5.41) is 23.9. The molecule has 5 rings (SSSR count). The SMILES string of the molecule is Cc1ccccc1C(O)c1nnc(-c2c[nH]c3ncc(-c4cnn(C)c4)cc23)o1. The quantitative estimate of drug-likeness (QED) is 0.490. The second-order valence-corrected chi connectivity index (χ2v) is 6.93. The summed E-state index contributed by atoms with van der Waals surface area (Å²) in [4.78, 5) is 7.61. The van der Waals surface area contributed by atoms with Crippen LogP contribution in [0.1, 0.15) is 23.1 Å². The Labute approximate surface area is 165 Å². The third kappa shape index (κ3) is 2.99. The first-order valence-corrected chi connectivity index (χ1v) is 9.13. The molecule has 1 unspecified atom stereocenters. The molecule has 144 valence electrons. The second kappa shape index (κ2) is 6.68. The van der Waals surface area contributed by atoms with Gasteiger partial charge >= 0.3 is 0 Å². The molecule has 1 aromatic carbocycles. The van der Waals surface area contributed by atoms with Crippen molar-refractivity contribution in [2.24, 2.45) is 7.05 Å². The zero-order valence-corrected chi connectivity index (χ0v) is 15.9.